The van der Waals surface area contributed by atoms with Gasteiger partial charge in [-0.05, 0) is 62.6 Å². The van der Waals surface area contributed by atoms with Crippen LogP contribution in [0.4, 0.5) is 4.39 Å². The number of ketones is 1. The summed E-state index contributed by atoms with van der Waals surface area (Å²) in [6.07, 6.45) is 6.81. The molecule has 4 heterocycles. The van der Waals surface area contributed by atoms with Crippen molar-refractivity contribution in [2.75, 3.05) is 18.1 Å². The molecule has 3 aliphatic rings. The second kappa shape index (κ2) is 15.1. The number of carbonyl (C=O) groups is 5. The van der Waals surface area contributed by atoms with Crippen LogP contribution in [-0.2, 0) is 34.6 Å². The quantitative estimate of drug-likeness (QED) is 0.202. The van der Waals surface area contributed by atoms with Crippen LogP contribution in [0.3, 0.4) is 0 Å². The molecule has 1 aliphatic carbocycles. The van der Waals surface area contributed by atoms with Crippen LogP contribution in [-0.4, -0.2) is 103 Å². The van der Waals surface area contributed by atoms with Crippen molar-refractivity contribution >= 4 is 50.0 Å². The van der Waals surface area contributed by atoms with Gasteiger partial charge in [-0.25, -0.2) is 17.5 Å². The number of hydrogen-bond acceptors (Lipinski definition) is 11. The van der Waals surface area contributed by atoms with Crippen molar-refractivity contribution in [3.63, 3.8) is 0 Å². The second-order valence-electron chi connectivity index (χ2n) is 15.3. The normalized spacial score (nSPS) is 22.0. The lowest BCUT2D eigenvalue weighted by molar-refractivity contribution is -0.145. The van der Waals surface area contributed by atoms with Gasteiger partial charge >= 0.3 is 0 Å². The van der Waals surface area contributed by atoms with Gasteiger partial charge in [0.15, 0.2) is 9.84 Å². The number of Topliss-reactive ketones (excluding diaryl/α,β-unsaturated/α-hetero) is 1. The number of likely N-dealkylation sites (tertiary alicyclic amines) is 1. The van der Waals surface area contributed by atoms with Crippen LogP contribution >= 0.6 is 0 Å². The van der Waals surface area contributed by atoms with Gasteiger partial charge in [0.1, 0.15) is 34.7 Å². The molecule has 2 aromatic heterocycles. The summed E-state index contributed by atoms with van der Waals surface area (Å²) in [5.41, 5.74) is 2.37. The number of fused-ring (bicyclic) bond motifs is 1. The van der Waals surface area contributed by atoms with E-state index in [4.69, 9.17) is 5.73 Å². The summed E-state index contributed by atoms with van der Waals surface area (Å²) >= 11 is 0. The van der Waals surface area contributed by atoms with Gasteiger partial charge in [-0.1, -0.05) is 43.4 Å². The van der Waals surface area contributed by atoms with E-state index in [-0.39, 0.29) is 43.8 Å². The number of nitrogens with zero attached hydrogens (tertiary/aromatic N) is 5. The number of nitrogens with two attached hydrogens (primary N) is 1. The number of aromatic nitrogens is 4. The molecule has 1 saturated carbocycles. The maximum Gasteiger partial charge on any atom is 0.287 e. The zero-order chi connectivity index (χ0) is 39.0. The maximum atomic E-state index is 14.8. The highest BCUT2D eigenvalue weighted by atomic mass is 32.2. The summed E-state index contributed by atoms with van der Waals surface area (Å²) in [5, 5.41) is 25.5. The van der Waals surface area contributed by atoms with Crippen molar-refractivity contribution in [1.29, 1.82) is 0 Å². The Morgan fingerprint density at radius 1 is 1.06 bits per heavy atom. The fourth-order valence-corrected chi connectivity index (χ4v) is 9.45. The summed E-state index contributed by atoms with van der Waals surface area (Å²) in [4.78, 5) is 73.8. The van der Waals surface area contributed by atoms with Gasteiger partial charge in [0.2, 0.25) is 17.6 Å². The fourth-order valence-electron chi connectivity index (χ4n) is 7.93. The highest BCUT2D eigenvalue weighted by Gasteiger charge is 2.50. The van der Waals surface area contributed by atoms with E-state index in [1.54, 1.807) is 0 Å². The van der Waals surface area contributed by atoms with Crippen LogP contribution in [0.5, 0.6) is 0 Å². The van der Waals surface area contributed by atoms with E-state index in [1.807, 2.05) is 0 Å². The van der Waals surface area contributed by atoms with Crippen LogP contribution in [0.1, 0.15) is 93.9 Å². The Morgan fingerprint density at radius 2 is 1.76 bits per heavy atom. The molecule has 6 rings (SSSR count). The smallest absolute Gasteiger partial charge is 0.287 e. The molecule has 0 spiro atoms. The number of halogens is 1. The molecule has 16 nitrogen and oxygen atoms in total. The fraction of sp³-hybridized carbons (Fsp3) is 0.556. The Morgan fingerprint density at radius 3 is 2.43 bits per heavy atom. The predicted octanol–water partition coefficient (Wildman–Crippen LogP) is 1.22. The maximum absolute atomic E-state index is 14.8. The van der Waals surface area contributed by atoms with E-state index in [1.165, 1.54) is 60.1 Å². The zero-order valence-corrected chi connectivity index (χ0v) is 31.0. The minimum Gasteiger partial charge on any atom is -0.384 e. The summed E-state index contributed by atoms with van der Waals surface area (Å²) in [7, 11) is -3.55. The molecule has 0 unspecified atom stereocenters. The van der Waals surface area contributed by atoms with Crippen LogP contribution in [0.15, 0.2) is 36.7 Å². The number of rotatable bonds is 11. The summed E-state index contributed by atoms with van der Waals surface area (Å²) in [6, 6.07) is 2.47. The standard InChI is InChI=1S/C36H45FN8O8S/c1-35(2,51)29-19-40-43-45(29)25-17-28(33(49)42-36(30(46)31(38)47)10-12-54(52,53)13-11-36)44(20-25)34(50)27(14-21-6-4-3-5-7-21)41-32(48)26-16-22-8-9-24(37)15-23(22)18-39-26/h8-9,15-16,18-19,21,25,27-28,51H,3-7,10-14,17,20H2,1-2H3,(H2,38,47)(H,41,48)(H,42,49)/t25-,27+,28-/m0/s1. The predicted molar refractivity (Wildman–Crippen MR) is 192 cm³/mol. The average Bonchev–Trinajstić information content (AvgIpc) is 3.81. The number of hydrogen-bond donors (Lipinski definition) is 4. The van der Waals surface area contributed by atoms with Gasteiger partial charge in [-0.2, -0.15) is 0 Å². The summed E-state index contributed by atoms with van der Waals surface area (Å²) < 4.78 is 39.9. The van der Waals surface area contributed by atoms with E-state index in [0.717, 1.165) is 32.1 Å². The third kappa shape index (κ3) is 8.28. The van der Waals surface area contributed by atoms with Gasteiger partial charge in [0.05, 0.1) is 29.4 Å². The Bertz CT molecular complexity index is 2060. The minimum absolute atomic E-state index is 0.000681. The number of amides is 4. The average molecular weight is 769 g/mol. The number of carbonyl (C=O) groups excluding carboxylic acids is 5. The second-order valence-corrected chi connectivity index (χ2v) is 17.6. The topological polar surface area (TPSA) is 237 Å². The number of nitrogens with one attached hydrogen (secondary N) is 2. The molecule has 0 radical (unpaired) electrons. The SMILES string of the molecule is CC(C)(O)c1cnnn1[C@H]1C[C@@H](C(=O)NC2(C(=O)C(N)=O)CCS(=O)(=O)CC2)N(C(=O)[C@@H](CC2CCCCC2)NC(=O)c2cc3ccc(F)cc3cn2)C1. The first-order chi connectivity index (χ1) is 25.5. The largest absolute Gasteiger partial charge is 0.384 e. The van der Waals surface area contributed by atoms with Gasteiger partial charge in [-0.15, -0.1) is 5.10 Å². The summed E-state index contributed by atoms with van der Waals surface area (Å²) in [6.45, 7) is 2.96. The Hall–Kier alpha value is -4.84. The van der Waals surface area contributed by atoms with Crippen LogP contribution in [0.2, 0.25) is 0 Å². The molecule has 4 amide bonds. The van der Waals surface area contributed by atoms with E-state index in [9.17, 15) is 41.9 Å². The molecule has 54 heavy (non-hydrogen) atoms. The Kier molecular flexibility index (Phi) is 10.9. The van der Waals surface area contributed by atoms with E-state index in [2.05, 4.69) is 25.9 Å². The van der Waals surface area contributed by atoms with Crippen molar-refractivity contribution in [1.82, 2.24) is 35.5 Å². The molecule has 2 saturated heterocycles. The molecule has 3 fully saturated rings. The number of aliphatic hydroxyl groups is 1. The number of benzene rings is 1. The van der Waals surface area contributed by atoms with E-state index < -0.39 is 85.8 Å². The highest BCUT2D eigenvalue weighted by Crippen LogP contribution is 2.35. The lowest BCUT2D eigenvalue weighted by Gasteiger charge is -2.37. The van der Waals surface area contributed by atoms with Crippen LogP contribution < -0.4 is 16.4 Å². The van der Waals surface area contributed by atoms with E-state index in [0.29, 0.717) is 16.5 Å². The van der Waals surface area contributed by atoms with Gasteiger partial charge < -0.3 is 26.4 Å². The molecule has 3 atom stereocenters. The minimum atomic E-state index is -3.55. The molecule has 5 N–H and O–H groups in total. The number of pyridine rings is 1. The first kappa shape index (κ1) is 38.9. The van der Waals surface area contributed by atoms with Crippen molar-refractivity contribution in [2.45, 2.75) is 101 Å². The molecule has 3 aromatic rings. The molecule has 1 aromatic carbocycles. The molecular formula is C36H45FN8O8S. The summed E-state index contributed by atoms with van der Waals surface area (Å²) in [5.74, 6) is -5.86. The van der Waals surface area contributed by atoms with Crippen molar-refractivity contribution in [3.8, 4) is 0 Å². The lowest BCUT2D eigenvalue weighted by atomic mass is 9.84. The molecule has 18 heteroatoms. The van der Waals surface area contributed by atoms with Crippen molar-refractivity contribution in [3.05, 3.63) is 53.9 Å². The van der Waals surface area contributed by atoms with Gasteiger partial charge in [0.25, 0.3) is 11.8 Å². The third-order valence-electron chi connectivity index (χ3n) is 10.9. The molecule has 290 valence electrons. The first-order valence-electron chi connectivity index (χ1n) is 18.1. The van der Waals surface area contributed by atoms with E-state index >= 15 is 0 Å². The molecule has 0 bridgehead atoms. The third-order valence-corrected chi connectivity index (χ3v) is 12.6. The Labute approximate surface area is 311 Å². The monoisotopic (exact) mass is 768 g/mol. The van der Waals surface area contributed by atoms with Crippen LogP contribution in [0, 0.1) is 11.7 Å². The molecular weight excluding hydrogens is 724 g/mol. The van der Waals surface area contributed by atoms with Crippen LogP contribution in [0.25, 0.3) is 10.8 Å². The number of sulfone groups is 1. The molecule has 2 aliphatic heterocycles. The van der Waals surface area contributed by atoms with Gasteiger partial charge in [-0.3, -0.25) is 29.0 Å². The zero-order valence-electron chi connectivity index (χ0n) is 30.2. The van der Waals surface area contributed by atoms with Crippen molar-refractivity contribution in [2.24, 2.45) is 11.7 Å². The lowest BCUT2D eigenvalue weighted by Crippen LogP contribution is -2.64. The van der Waals surface area contributed by atoms with Crippen molar-refractivity contribution < 1.29 is 41.9 Å². The van der Waals surface area contributed by atoms with Gasteiger partial charge in [0, 0.05) is 24.5 Å². The first-order valence-corrected chi connectivity index (χ1v) is 19.9. The highest BCUT2D eigenvalue weighted by molar-refractivity contribution is 7.91. The Balaban J connectivity index is 1.34. The number of primary amides is 1.